The molecule has 1 saturated heterocycles. The van der Waals surface area contributed by atoms with E-state index in [1.807, 2.05) is 32.0 Å². The number of aliphatic carboxylic acids is 1. The number of ether oxygens (including phenoxy) is 1. The van der Waals surface area contributed by atoms with Crippen molar-refractivity contribution in [3.63, 3.8) is 0 Å². The van der Waals surface area contributed by atoms with Gasteiger partial charge in [-0.1, -0.05) is 6.07 Å². The minimum atomic E-state index is -0.947. The number of carboxylic acids is 1. The van der Waals surface area contributed by atoms with E-state index in [2.05, 4.69) is 0 Å². The molecule has 1 aliphatic rings. The summed E-state index contributed by atoms with van der Waals surface area (Å²) in [5.74, 6) is -0.947. The Morgan fingerprint density at radius 3 is 2.74 bits per heavy atom. The highest BCUT2D eigenvalue weighted by Crippen LogP contribution is 2.24. The number of carbonyl (C=O) groups excluding carboxylic acids is 1. The second-order valence-corrected chi connectivity index (χ2v) is 4.81. The van der Waals surface area contributed by atoms with Gasteiger partial charge in [0.05, 0.1) is 6.42 Å². The Bertz CT molecular complexity index is 512. The van der Waals surface area contributed by atoms with Gasteiger partial charge < -0.3 is 9.84 Å². The lowest BCUT2D eigenvalue weighted by Gasteiger charge is -2.31. The van der Waals surface area contributed by atoms with E-state index >= 15 is 0 Å². The first kappa shape index (κ1) is 13.4. The van der Waals surface area contributed by atoms with Crippen molar-refractivity contribution in [3.8, 4) is 0 Å². The van der Waals surface area contributed by atoms with Crippen molar-refractivity contribution in [2.24, 2.45) is 0 Å². The van der Waals surface area contributed by atoms with Crippen molar-refractivity contribution in [2.45, 2.75) is 32.8 Å². The molecule has 1 unspecified atom stereocenters. The van der Waals surface area contributed by atoms with Gasteiger partial charge in [-0.3, -0.25) is 9.69 Å². The van der Waals surface area contributed by atoms with Crippen LogP contribution in [0.4, 0.5) is 10.5 Å². The Kier molecular flexibility index (Phi) is 3.74. The first-order valence-corrected chi connectivity index (χ1v) is 6.24. The average molecular weight is 263 g/mol. The van der Waals surface area contributed by atoms with E-state index in [1.54, 1.807) is 4.90 Å². The lowest BCUT2D eigenvalue weighted by atomic mass is 10.1. The van der Waals surface area contributed by atoms with Crippen molar-refractivity contribution in [3.05, 3.63) is 29.3 Å². The predicted molar refractivity (Wildman–Crippen MR) is 70.4 cm³/mol. The molecule has 1 N–H and O–H groups in total. The van der Waals surface area contributed by atoms with Crippen LogP contribution in [0.15, 0.2) is 18.2 Å². The van der Waals surface area contributed by atoms with Gasteiger partial charge in [-0.2, -0.15) is 0 Å². The zero-order chi connectivity index (χ0) is 14.0. The molecule has 0 spiro atoms. The van der Waals surface area contributed by atoms with Crippen LogP contribution in [0.3, 0.4) is 0 Å². The SMILES string of the molecule is Cc1ccc(N2CCC(CC(=O)O)OC2=O)cc1C. The third-order valence-corrected chi connectivity index (χ3v) is 3.37. The fourth-order valence-corrected chi connectivity index (χ4v) is 2.10. The van der Waals surface area contributed by atoms with Gasteiger partial charge in [0, 0.05) is 18.7 Å². The van der Waals surface area contributed by atoms with Crippen LogP contribution in [0.5, 0.6) is 0 Å². The van der Waals surface area contributed by atoms with Crippen molar-refractivity contribution < 1.29 is 19.4 Å². The molecule has 1 fully saturated rings. The molecule has 0 bridgehead atoms. The highest BCUT2D eigenvalue weighted by molar-refractivity contribution is 5.88. The Morgan fingerprint density at radius 2 is 2.16 bits per heavy atom. The minimum Gasteiger partial charge on any atom is -0.481 e. The Labute approximate surface area is 111 Å². The largest absolute Gasteiger partial charge is 0.481 e. The number of amides is 1. The van der Waals surface area contributed by atoms with E-state index in [0.717, 1.165) is 16.8 Å². The zero-order valence-corrected chi connectivity index (χ0v) is 11.0. The third-order valence-electron chi connectivity index (χ3n) is 3.37. The van der Waals surface area contributed by atoms with E-state index in [0.29, 0.717) is 13.0 Å². The second-order valence-electron chi connectivity index (χ2n) is 4.81. The van der Waals surface area contributed by atoms with Gasteiger partial charge in [-0.25, -0.2) is 4.79 Å². The first-order chi connectivity index (χ1) is 8.97. The second kappa shape index (κ2) is 5.30. The molecule has 0 aromatic heterocycles. The molecular formula is C14H17NO4. The van der Waals surface area contributed by atoms with Crippen LogP contribution in [0.2, 0.25) is 0 Å². The summed E-state index contributed by atoms with van der Waals surface area (Å²) in [7, 11) is 0. The van der Waals surface area contributed by atoms with Gasteiger partial charge in [0.1, 0.15) is 6.10 Å². The Hall–Kier alpha value is -2.04. The summed E-state index contributed by atoms with van der Waals surface area (Å²) in [6.45, 7) is 4.48. The normalized spacial score (nSPS) is 19.2. The summed E-state index contributed by atoms with van der Waals surface area (Å²) in [5, 5.41) is 8.70. The molecule has 0 saturated carbocycles. The van der Waals surface area contributed by atoms with E-state index in [9.17, 15) is 9.59 Å². The van der Waals surface area contributed by atoms with Crippen LogP contribution in [0, 0.1) is 13.8 Å². The maximum Gasteiger partial charge on any atom is 0.414 e. The quantitative estimate of drug-likeness (QED) is 0.909. The molecule has 5 nitrogen and oxygen atoms in total. The number of hydrogen-bond acceptors (Lipinski definition) is 3. The van der Waals surface area contributed by atoms with Crippen molar-refractivity contribution >= 4 is 17.7 Å². The van der Waals surface area contributed by atoms with Gasteiger partial charge in [-0.15, -0.1) is 0 Å². The average Bonchev–Trinajstić information content (AvgIpc) is 2.32. The number of nitrogens with zero attached hydrogens (tertiary/aromatic N) is 1. The lowest BCUT2D eigenvalue weighted by Crippen LogP contribution is -2.42. The smallest absolute Gasteiger partial charge is 0.414 e. The van der Waals surface area contributed by atoms with Crippen LogP contribution in [-0.4, -0.2) is 29.8 Å². The van der Waals surface area contributed by atoms with Gasteiger partial charge in [-0.05, 0) is 37.1 Å². The molecule has 1 amide bonds. The summed E-state index contributed by atoms with van der Waals surface area (Å²) < 4.78 is 5.14. The Morgan fingerprint density at radius 1 is 1.42 bits per heavy atom. The summed E-state index contributed by atoms with van der Waals surface area (Å²) >= 11 is 0. The number of benzene rings is 1. The number of anilines is 1. The highest BCUT2D eigenvalue weighted by atomic mass is 16.6. The van der Waals surface area contributed by atoms with Gasteiger partial charge in [0.15, 0.2) is 0 Å². The number of carbonyl (C=O) groups is 2. The highest BCUT2D eigenvalue weighted by Gasteiger charge is 2.29. The number of cyclic esters (lactones) is 1. The molecule has 1 atom stereocenters. The van der Waals surface area contributed by atoms with Crippen LogP contribution < -0.4 is 4.90 Å². The van der Waals surface area contributed by atoms with E-state index in [-0.39, 0.29) is 6.42 Å². The number of rotatable bonds is 3. The molecule has 0 aliphatic carbocycles. The maximum absolute atomic E-state index is 11.9. The van der Waals surface area contributed by atoms with Crippen molar-refractivity contribution in [2.75, 3.05) is 11.4 Å². The molecule has 2 rings (SSSR count). The molecule has 0 radical (unpaired) electrons. The topological polar surface area (TPSA) is 66.8 Å². The van der Waals surface area contributed by atoms with E-state index in [1.165, 1.54) is 0 Å². The van der Waals surface area contributed by atoms with Crippen LogP contribution in [0.1, 0.15) is 24.0 Å². The molecule has 1 aliphatic heterocycles. The maximum atomic E-state index is 11.9. The third kappa shape index (κ3) is 3.05. The predicted octanol–water partition coefficient (Wildman–Crippen LogP) is 2.49. The summed E-state index contributed by atoms with van der Waals surface area (Å²) in [6.07, 6.45) is -0.592. The molecule has 1 aromatic rings. The molecule has 1 aromatic carbocycles. The van der Waals surface area contributed by atoms with E-state index < -0.39 is 18.2 Å². The fraction of sp³-hybridized carbons (Fsp3) is 0.429. The van der Waals surface area contributed by atoms with E-state index in [4.69, 9.17) is 9.84 Å². The summed E-state index contributed by atoms with van der Waals surface area (Å²) in [6, 6.07) is 5.77. The molecule has 5 heteroatoms. The van der Waals surface area contributed by atoms with Gasteiger partial charge in [0.2, 0.25) is 0 Å². The lowest BCUT2D eigenvalue weighted by molar-refractivity contribution is -0.139. The Balaban J connectivity index is 2.09. The zero-order valence-electron chi connectivity index (χ0n) is 11.0. The molecule has 19 heavy (non-hydrogen) atoms. The molecular weight excluding hydrogens is 246 g/mol. The van der Waals surface area contributed by atoms with Gasteiger partial charge >= 0.3 is 12.1 Å². The standard InChI is InChI=1S/C14H17NO4/c1-9-3-4-11(7-10(9)2)15-6-5-12(8-13(16)17)19-14(15)18/h3-4,7,12H,5-6,8H2,1-2H3,(H,16,17). The number of hydrogen-bond donors (Lipinski definition) is 1. The van der Waals surface area contributed by atoms with Crippen molar-refractivity contribution in [1.82, 2.24) is 0 Å². The summed E-state index contributed by atoms with van der Waals surface area (Å²) in [4.78, 5) is 24.0. The fourth-order valence-electron chi connectivity index (χ4n) is 2.10. The first-order valence-electron chi connectivity index (χ1n) is 6.24. The minimum absolute atomic E-state index is 0.132. The molecule has 102 valence electrons. The van der Waals surface area contributed by atoms with Crippen LogP contribution >= 0.6 is 0 Å². The van der Waals surface area contributed by atoms with Crippen LogP contribution in [0.25, 0.3) is 0 Å². The summed E-state index contributed by atoms with van der Waals surface area (Å²) in [5.41, 5.74) is 3.07. The van der Waals surface area contributed by atoms with Gasteiger partial charge in [0.25, 0.3) is 0 Å². The number of carboxylic acid groups (broad SMARTS) is 1. The van der Waals surface area contributed by atoms with Crippen LogP contribution in [-0.2, 0) is 9.53 Å². The molecule has 1 heterocycles. The monoisotopic (exact) mass is 263 g/mol. The van der Waals surface area contributed by atoms with Crippen molar-refractivity contribution in [1.29, 1.82) is 0 Å². The number of aryl methyl sites for hydroxylation is 2.